The molecule has 0 unspecified atom stereocenters. The van der Waals surface area contributed by atoms with Crippen molar-refractivity contribution < 1.29 is 9.18 Å². The second kappa shape index (κ2) is 6.85. The maximum Gasteiger partial charge on any atom is 0.255 e. The van der Waals surface area contributed by atoms with Gasteiger partial charge in [0.25, 0.3) is 5.91 Å². The van der Waals surface area contributed by atoms with E-state index in [1.807, 2.05) is 24.0 Å². The molecule has 26 heavy (non-hydrogen) atoms. The number of aryl methyl sites for hydroxylation is 1. The van der Waals surface area contributed by atoms with Gasteiger partial charge in [-0.05, 0) is 43.7 Å². The Bertz CT molecular complexity index is 990. The van der Waals surface area contributed by atoms with Crippen LogP contribution >= 0.6 is 22.9 Å². The molecule has 4 nitrogen and oxygen atoms in total. The molecule has 1 aromatic heterocycles. The Kier molecular flexibility index (Phi) is 4.54. The molecule has 1 aliphatic rings. The summed E-state index contributed by atoms with van der Waals surface area (Å²) >= 11 is 7.61. The van der Waals surface area contributed by atoms with Crippen molar-refractivity contribution in [2.24, 2.45) is 0 Å². The molecule has 0 aliphatic carbocycles. The monoisotopic (exact) mass is 389 g/mol. The van der Waals surface area contributed by atoms with Gasteiger partial charge in [-0.3, -0.25) is 4.79 Å². The molecule has 1 N–H and O–H groups in total. The van der Waals surface area contributed by atoms with Crippen LogP contribution in [0.15, 0.2) is 36.4 Å². The minimum Gasteiger partial charge on any atom is -0.357 e. The molecule has 0 spiro atoms. The van der Waals surface area contributed by atoms with Crippen LogP contribution < -0.4 is 5.32 Å². The van der Waals surface area contributed by atoms with Crippen molar-refractivity contribution in [3.8, 4) is 0 Å². The highest BCUT2D eigenvalue weighted by atomic mass is 35.5. The van der Waals surface area contributed by atoms with Crippen LogP contribution in [0.2, 0.25) is 5.02 Å². The normalized spacial score (nSPS) is 17.0. The van der Waals surface area contributed by atoms with Crippen molar-refractivity contribution >= 4 is 44.2 Å². The Morgan fingerprint density at radius 3 is 3.04 bits per heavy atom. The van der Waals surface area contributed by atoms with Crippen LogP contribution in [0, 0.1) is 12.7 Å². The lowest BCUT2D eigenvalue weighted by Gasteiger charge is -2.18. The van der Waals surface area contributed by atoms with Crippen molar-refractivity contribution in [1.29, 1.82) is 0 Å². The summed E-state index contributed by atoms with van der Waals surface area (Å²) in [5.41, 5.74) is 2.33. The highest BCUT2D eigenvalue weighted by molar-refractivity contribution is 7.22. The molecule has 0 radical (unpaired) electrons. The van der Waals surface area contributed by atoms with Crippen LogP contribution in [0.4, 0.5) is 9.52 Å². The summed E-state index contributed by atoms with van der Waals surface area (Å²) in [7, 11) is 0. The van der Waals surface area contributed by atoms with E-state index < -0.39 is 0 Å². The number of hydrogen-bond acceptors (Lipinski definition) is 4. The number of carbonyl (C=O) groups is 1. The topological polar surface area (TPSA) is 45.2 Å². The van der Waals surface area contributed by atoms with E-state index in [0.29, 0.717) is 23.7 Å². The third-order valence-corrected chi connectivity index (χ3v) is 5.78. The minimum atomic E-state index is -0.264. The van der Waals surface area contributed by atoms with E-state index in [1.165, 1.54) is 23.5 Å². The summed E-state index contributed by atoms with van der Waals surface area (Å²) < 4.78 is 14.1. The van der Waals surface area contributed by atoms with Gasteiger partial charge in [-0.15, -0.1) is 0 Å². The lowest BCUT2D eigenvalue weighted by Crippen LogP contribution is -2.31. The van der Waals surface area contributed by atoms with E-state index in [4.69, 9.17) is 11.6 Å². The lowest BCUT2D eigenvalue weighted by molar-refractivity contribution is 0.0791. The van der Waals surface area contributed by atoms with Gasteiger partial charge in [0.2, 0.25) is 0 Å². The smallest absolute Gasteiger partial charge is 0.255 e. The maximum atomic E-state index is 13.3. The van der Waals surface area contributed by atoms with Crippen molar-refractivity contribution in [3.63, 3.8) is 0 Å². The molecule has 2 aromatic carbocycles. The summed E-state index contributed by atoms with van der Waals surface area (Å²) in [6.45, 7) is 3.20. The average Bonchev–Trinajstić information content (AvgIpc) is 3.22. The van der Waals surface area contributed by atoms with E-state index in [9.17, 15) is 9.18 Å². The van der Waals surface area contributed by atoms with Gasteiger partial charge in [-0.25, -0.2) is 9.37 Å². The number of nitrogens with one attached hydrogen (secondary N) is 1. The molecule has 1 saturated heterocycles. The Morgan fingerprint density at radius 2 is 2.19 bits per heavy atom. The first-order valence-corrected chi connectivity index (χ1v) is 9.57. The number of benzene rings is 2. The fourth-order valence-electron chi connectivity index (χ4n) is 3.17. The molecular weight excluding hydrogens is 373 g/mol. The number of aromatic nitrogens is 1. The molecule has 7 heteroatoms. The number of rotatable bonds is 3. The van der Waals surface area contributed by atoms with Crippen LogP contribution in [-0.4, -0.2) is 34.9 Å². The molecule has 4 rings (SSSR count). The number of thiazole rings is 1. The van der Waals surface area contributed by atoms with E-state index in [-0.39, 0.29) is 17.8 Å². The van der Waals surface area contributed by atoms with E-state index in [1.54, 1.807) is 12.1 Å². The molecule has 1 aliphatic heterocycles. The molecule has 2 heterocycles. The molecule has 0 bridgehead atoms. The summed E-state index contributed by atoms with van der Waals surface area (Å²) in [5.74, 6) is -0.310. The van der Waals surface area contributed by atoms with Crippen LogP contribution in [0.1, 0.15) is 22.3 Å². The average molecular weight is 390 g/mol. The Morgan fingerprint density at radius 1 is 1.35 bits per heavy atom. The molecule has 1 fully saturated rings. The van der Waals surface area contributed by atoms with Gasteiger partial charge in [-0.2, -0.15) is 0 Å². The van der Waals surface area contributed by atoms with Gasteiger partial charge in [0.15, 0.2) is 5.13 Å². The number of amides is 1. The Balaban J connectivity index is 1.46. The van der Waals surface area contributed by atoms with Crippen molar-refractivity contribution in [1.82, 2.24) is 9.88 Å². The predicted octanol–water partition coefficient (Wildman–Crippen LogP) is 4.72. The van der Waals surface area contributed by atoms with Gasteiger partial charge < -0.3 is 10.2 Å². The first kappa shape index (κ1) is 17.2. The number of likely N-dealkylation sites (tertiary alicyclic amines) is 1. The number of fused-ring (bicyclic) bond motifs is 1. The summed E-state index contributed by atoms with van der Waals surface area (Å²) in [5, 5.41) is 4.60. The molecule has 134 valence electrons. The Hall–Kier alpha value is -2.18. The highest BCUT2D eigenvalue weighted by Gasteiger charge is 2.28. The highest BCUT2D eigenvalue weighted by Crippen LogP contribution is 2.28. The fourth-order valence-corrected chi connectivity index (χ4v) is 4.34. The number of anilines is 1. The predicted molar refractivity (Wildman–Crippen MR) is 104 cm³/mol. The summed E-state index contributed by atoms with van der Waals surface area (Å²) in [4.78, 5) is 19.1. The molecule has 3 aromatic rings. The van der Waals surface area contributed by atoms with Gasteiger partial charge in [-0.1, -0.05) is 34.6 Å². The summed E-state index contributed by atoms with van der Waals surface area (Å²) in [6, 6.07) is 10.2. The zero-order valence-electron chi connectivity index (χ0n) is 14.1. The van der Waals surface area contributed by atoms with Gasteiger partial charge >= 0.3 is 0 Å². The number of hydrogen-bond donors (Lipinski definition) is 1. The number of carbonyl (C=O) groups excluding carboxylic acids is 1. The molecular formula is C19H17ClFN3OS. The minimum absolute atomic E-state index is 0.0469. The SMILES string of the molecule is Cc1ccc(Cl)c(C(=O)N2CC[C@@H](Nc3nc4ccc(F)cc4s3)C2)c1. The molecule has 1 atom stereocenters. The van der Waals surface area contributed by atoms with Gasteiger partial charge in [0.1, 0.15) is 5.82 Å². The first-order valence-electron chi connectivity index (χ1n) is 8.37. The van der Waals surface area contributed by atoms with Crippen molar-refractivity contribution in [2.75, 3.05) is 18.4 Å². The van der Waals surface area contributed by atoms with Crippen LogP contribution in [0.25, 0.3) is 10.2 Å². The second-order valence-electron chi connectivity index (χ2n) is 6.50. The van der Waals surface area contributed by atoms with Gasteiger partial charge in [0, 0.05) is 19.1 Å². The van der Waals surface area contributed by atoms with E-state index >= 15 is 0 Å². The van der Waals surface area contributed by atoms with Crippen molar-refractivity contribution in [3.05, 3.63) is 58.4 Å². The third-order valence-electron chi connectivity index (χ3n) is 4.51. The zero-order chi connectivity index (χ0) is 18.3. The lowest BCUT2D eigenvalue weighted by atomic mass is 10.1. The largest absolute Gasteiger partial charge is 0.357 e. The first-order chi connectivity index (χ1) is 12.5. The zero-order valence-corrected chi connectivity index (χ0v) is 15.7. The van der Waals surface area contributed by atoms with Crippen LogP contribution in [0.5, 0.6) is 0 Å². The van der Waals surface area contributed by atoms with Crippen molar-refractivity contribution in [2.45, 2.75) is 19.4 Å². The number of nitrogens with zero attached hydrogens (tertiary/aromatic N) is 2. The Labute approximate surface area is 159 Å². The van der Waals surface area contributed by atoms with E-state index in [2.05, 4.69) is 10.3 Å². The molecule has 1 amide bonds. The molecule has 0 saturated carbocycles. The standard InChI is InChI=1S/C19H17ClFN3OS/c1-11-2-4-15(20)14(8-11)18(25)24-7-6-13(10-24)22-19-23-16-5-3-12(21)9-17(16)26-19/h2-5,8-9,13H,6-7,10H2,1H3,(H,22,23)/t13-/m1/s1. The quantitative estimate of drug-likeness (QED) is 0.704. The maximum absolute atomic E-state index is 13.3. The van der Waals surface area contributed by atoms with E-state index in [0.717, 1.165) is 27.3 Å². The summed E-state index contributed by atoms with van der Waals surface area (Å²) in [6.07, 6.45) is 0.833. The van der Waals surface area contributed by atoms with Crippen LogP contribution in [-0.2, 0) is 0 Å². The fraction of sp³-hybridized carbons (Fsp3) is 0.263. The third kappa shape index (κ3) is 3.39. The number of halogens is 2. The van der Waals surface area contributed by atoms with Gasteiger partial charge in [0.05, 0.1) is 20.8 Å². The second-order valence-corrected chi connectivity index (χ2v) is 7.93. The van der Waals surface area contributed by atoms with Crippen LogP contribution in [0.3, 0.4) is 0 Å².